The van der Waals surface area contributed by atoms with Crippen LogP contribution in [0.5, 0.6) is 5.75 Å². The Bertz CT molecular complexity index is 674. The molecule has 0 unspecified atom stereocenters. The van der Waals surface area contributed by atoms with Gasteiger partial charge in [-0.2, -0.15) is 0 Å². The molecule has 2 aliphatic rings. The Morgan fingerprint density at radius 1 is 1.29 bits per heavy atom. The first-order chi connectivity index (χ1) is 11.2. The molecule has 0 bridgehead atoms. The molecule has 2 fully saturated rings. The Hall–Kier alpha value is -1.59. The fourth-order valence-electron chi connectivity index (χ4n) is 5.23. The minimum Gasteiger partial charge on any atom is -0.507 e. The molecule has 24 heavy (non-hydrogen) atoms. The molecular weight excluding hydrogens is 306 g/mol. The molecule has 1 aromatic rings. The number of phenols is 1. The van der Waals surface area contributed by atoms with Gasteiger partial charge in [0.15, 0.2) is 0 Å². The van der Waals surface area contributed by atoms with Crippen LogP contribution in [0.1, 0.15) is 66.9 Å². The molecule has 2 saturated carbocycles. The quantitative estimate of drug-likeness (QED) is 0.665. The van der Waals surface area contributed by atoms with E-state index in [1.54, 1.807) is 6.07 Å². The summed E-state index contributed by atoms with van der Waals surface area (Å²) in [7, 11) is 0. The van der Waals surface area contributed by atoms with Crippen molar-refractivity contribution in [2.24, 2.45) is 11.7 Å². The van der Waals surface area contributed by atoms with Gasteiger partial charge in [0, 0.05) is 11.0 Å². The number of benzene rings is 1. The Morgan fingerprint density at radius 2 is 2.00 bits per heavy atom. The summed E-state index contributed by atoms with van der Waals surface area (Å²) >= 11 is 0. The highest BCUT2D eigenvalue weighted by Gasteiger charge is 2.60. The zero-order valence-corrected chi connectivity index (χ0v) is 14.4. The van der Waals surface area contributed by atoms with Gasteiger partial charge in [-0.05, 0) is 56.6 Å². The summed E-state index contributed by atoms with van der Waals surface area (Å²) in [5, 5.41) is 32.8. The van der Waals surface area contributed by atoms with Crippen LogP contribution in [0.15, 0.2) is 12.1 Å². The van der Waals surface area contributed by atoms with Gasteiger partial charge in [0.25, 0.3) is 5.91 Å². The smallest absolute Gasteiger partial charge is 0.252 e. The van der Waals surface area contributed by atoms with Crippen molar-refractivity contribution >= 4 is 5.91 Å². The van der Waals surface area contributed by atoms with Crippen LogP contribution in [0.3, 0.4) is 0 Å². The SMILES string of the molecule is Cc1ccc(C(N)=O)c(O)c1[C@]12CCC[C@H](C)[C@]1(O)CC[C@H](O)C2. The van der Waals surface area contributed by atoms with Gasteiger partial charge < -0.3 is 21.1 Å². The van der Waals surface area contributed by atoms with Gasteiger partial charge in [0.2, 0.25) is 0 Å². The van der Waals surface area contributed by atoms with Crippen LogP contribution in [-0.4, -0.2) is 32.9 Å². The fourth-order valence-corrected chi connectivity index (χ4v) is 5.23. The van der Waals surface area contributed by atoms with Crippen molar-refractivity contribution in [3.05, 3.63) is 28.8 Å². The number of primary amides is 1. The fraction of sp³-hybridized carbons (Fsp3) is 0.632. The van der Waals surface area contributed by atoms with Crippen LogP contribution in [0.4, 0.5) is 0 Å². The van der Waals surface area contributed by atoms with E-state index in [2.05, 4.69) is 0 Å². The van der Waals surface area contributed by atoms with Crippen molar-refractivity contribution in [3.8, 4) is 5.75 Å². The van der Waals surface area contributed by atoms with E-state index in [9.17, 15) is 20.1 Å². The summed E-state index contributed by atoms with van der Waals surface area (Å²) in [4.78, 5) is 11.7. The van der Waals surface area contributed by atoms with Crippen LogP contribution in [0.2, 0.25) is 0 Å². The minimum atomic E-state index is -0.997. The summed E-state index contributed by atoms with van der Waals surface area (Å²) in [6, 6.07) is 3.29. The normalized spacial score (nSPS) is 36.2. The lowest BCUT2D eigenvalue weighted by molar-refractivity contribution is -0.154. The summed E-state index contributed by atoms with van der Waals surface area (Å²) in [6.07, 6.45) is 3.44. The van der Waals surface area contributed by atoms with Gasteiger partial charge in [-0.3, -0.25) is 4.79 Å². The van der Waals surface area contributed by atoms with E-state index in [0.717, 1.165) is 18.4 Å². The average molecular weight is 333 g/mol. The highest BCUT2D eigenvalue weighted by molar-refractivity contribution is 5.96. The third-order valence-electron chi connectivity index (χ3n) is 6.46. The Labute approximate surface area is 142 Å². The number of aliphatic hydroxyl groups is 2. The Morgan fingerprint density at radius 3 is 2.67 bits per heavy atom. The number of fused-ring (bicyclic) bond motifs is 1. The van der Waals surface area contributed by atoms with E-state index in [0.29, 0.717) is 31.2 Å². The van der Waals surface area contributed by atoms with E-state index in [1.165, 1.54) is 6.07 Å². The van der Waals surface area contributed by atoms with Crippen LogP contribution in [0.25, 0.3) is 0 Å². The Kier molecular flexibility index (Phi) is 4.12. The molecule has 0 aliphatic heterocycles. The molecule has 132 valence electrons. The summed E-state index contributed by atoms with van der Waals surface area (Å²) < 4.78 is 0. The zero-order valence-electron chi connectivity index (χ0n) is 14.4. The maximum absolute atomic E-state index is 11.7. The third-order valence-corrected chi connectivity index (χ3v) is 6.46. The lowest BCUT2D eigenvalue weighted by Crippen LogP contribution is -2.62. The van der Waals surface area contributed by atoms with Crippen molar-refractivity contribution < 1.29 is 20.1 Å². The Balaban J connectivity index is 2.27. The molecule has 1 aromatic carbocycles. The van der Waals surface area contributed by atoms with Crippen LogP contribution in [0, 0.1) is 12.8 Å². The second kappa shape index (κ2) is 5.74. The third kappa shape index (κ3) is 2.25. The molecule has 0 radical (unpaired) electrons. The van der Waals surface area contributed by atoms with E-state index in [-0.39, 0.29) is 17.2 Å². The first-order valence-electron chi connectivity index (χ1n) is 8.76. The summed E-state index contributed by atoms with van der Waals surface area (Å²) in [5.74, 6) is -0.757. The second-order valence-corrected chi connectivity index (χ2v) is 7.71. The van der Waals surface area contributed by atoms with Crippen molar-refractivity contribution in [3.63, 3.8) is 0 Å². The number of amides is 1. The monoisotopic (exact) mass is 333 g/mol. The molecule has 0 heterocycles. The van der Waals surface area contributed by atoms with E-state index >= 15 is 0 Å². The van der Waals surface area contributed by atoms with Gasteiger partial charge in [0.05, 0.1) is 17.3 Å². The van der Waals surface area contributed by atoms with Crippen molar-refractivity contribution in [1.29, 1.82) is 0 Å². The zero-order chi connectivity index (χ0) is 17.7. The molecule has 0 saturated heterocycles. The van der Waals surface area contributed by atoms with Crippen LogP contribution >= 0.6 is 0 Å². The molecule has 3 rings (SSSR count). The van der Waals surface area contributed by atoms with Gasteiger partial charge >= 0.3 is 0 Å². The maximum atomic E-state index is 11.7. The molecule has 2 aliphatic carbocycles. The number of carbonyl (C=O) groups excluding carboxylic acids is 1. The van der Waals surface area contributed by atoms with Gasteiger partial charge in [0.1, 0.15) is 5.75 Å². The molecule has 4 atom stereocenters. The highest BCUT2D eigenvalue weighted by Crippen LogP contribution is 2.59. The standard InChI is InChI=1S/C19H27NO4/c1-11-5-6-14(17(20)23)16(22)15(11)18-8-3-4-12(2)19(18,24)9-7-13(21)10-18/h5-6,12-13,21-22,24H,3-4,7-10H2,1-2H3,(H2,20,23)/t12-,13-,18+,19+/m0/s1. The number of aromatic hydroxyl groups is 1. The number of aryl methyl sites for hydroxylation is 1. The predicted octanol–water partition coefficient (Wildman–Crippen LogP) is 2.13. The lowest BCUT2D eigenvalue weighted by Gasteiger charge is -2.58. The average Bonchev–Trinajstić information content (AvgIpc) is 2.49. The highest BCUT2D eigenvalue weighted by atomic mass is 16.3. The molecule has 1 amide bonds. The number of aliphatic hydroxyl groups excluding tert-OH is 1. The maximum Gasteiger partial charge on any atom is 0.252 e. The first-order valence-corrected chi connectivity index (χ1v) is 8.76. The van der Waals surface area contributed by atoms with Gasteiger partial charge in [-0.1, -0.05) is 19.4 Å². The molecule has 5 N–H and O–H groups in total. The predicted molar refractivity (Wildman–Crippen MR) is 90.9 cm³/mol. The molecule has 0 aromatic heterocycles. The van der Waals surface area contributed by atoms with Gasteiger partial charge in [-0.15, -0.1) is 0 Å². The van der Waals surface area contributed by atoms with Crippen molar-refractivity contribution in [2.45, 2.75) is 69.5 Å². The molecular formula is C19H27NO4. The molecule has 5 heteroatoms. The largest absolute Gasteiger partial charge is 0.507 e. The summed E-state index contributed by atoms with van der Waals surface area (Å²) in [5.41, 5.74) is 5.14. The minimum absolute atomic E-state index is 0.0646. The molecule has 0 spiro atoms. The number of hydrogen-bond acceptors (Lipinski definition) is 4. The van der Waals surface area contributed by atoms with Gasteiger partial charge in [-0.25, -0.2) is 0 Å². The molecule has 5 nitrogen and oxygen atoms in total. The second-order valence-electron chi connectivity index (χ2n) is 7.71. The summed E-state index contributed by atoms with van der Waals surface area (Å²) in [6.45, 7) is 3.91. The first kappa shape index (κ1) is 17.2. The number of rotatable bonds is 2. The number of nitrogens with two attached hydrogens (primary N) is 1. The van der Waals surface area contributed by atoms with Crippen LogP contribution in [-0.2, 0) is 5.41 Å². The lowest BCUT2D eigenvalue weighted by atomic mass is 9.49. The van der Waals surface area contributed by atoms with Crippen molar-refractivity contribution in [1.82, 2.24) is 0 Å². The van der Waals surface area contributed by atoms with E-state index < -0.39 is 23.0 Å². The van der Waals surface area contributed by atoms with Crippen LogP contribution < -0.4 is 5.73 Å². The number of carbonyl (C=O) groups is 1. The van der Waals surface area contributed by atoms with Crippen molar-refractivity contribution in [2.75, 3.05) is 0 Å². The number of hydrogen-bond donors (Lipinski definition) is 4. The van der Waals surface area contributed by atoms with E-state index in [4.69, 9.17) is 5.73 Å². The topological polar surface area (TPSA) is 104 Å². The van der Waals surface area contributed by atoms with E-state index in [1.807, 2.05) is 13.8 Å².